The van der Waals surface area contributed by atoms with Crippen LogP contribution in [0, 0.1) is 0 Å². The molecule has 5 rings (SSSR count). The zero-order valence-corrected chi connectivity index (χ0v) is 22.9. The molecular weight excluding hydrogens is 496 g/mol. The van der Waals surface area contributed by atoms with E-state index in [4.69, 9.17) is 14.2 Å². The Morgan fingerprint density at radius 3 is 2.56 bits per heavy atom. The smallest absolute Gasteiger partial charge is 0.295 e. The van der Waals surface area contributed by atoms with Crippen molar-refractivity contribution in [3.63, 3.8) is 0 Å². The Kier molecular flexibility index (Phi) is 8.53. The van der Waals surface area contributed by atoms with Gasteiger partial charge in [-0.3, -0.25) is 14.5 Å². The number of amides is 1. The van der Waals surface area contributed by atoms with E-state index < -0.39 is 17.7 Å². The van der Waals surface area contributed by atoms with Crippen LogP contribution < -0.4 is 9.47 Å². The van der Waals surface area contributed by atoms with Gasteiger partial charge in [-0.15, -0.1) is 0 Å². The van der Waals surface area contributed by atoms with E-state index in [0.717, 1.165) is 67.9 Å². The Morgan fingerprint density at radius 1 is 1.05 bits per heavy atom. The van der Waals surface area contributed by atoms with E-state index in [2.05, 4.69) is 11.8 Å². The summed E-state index contributed by atoms with van der Waals surface area (Å²) >= 11 is 0. The van der Waals surface area contributed by atoms with Gasteiger partial charge in [0.1, 0.15) is 23.4 Å². The number of nitrogens with zero attached hydrogens (tertiary/aromatic N) is 2. The Balaban J connectivity index is 1.45. The second-order valence-corrected chi connectivity index (χ2v) is 10.5. The number of rotatable bonds is 10. The topological polar surface area (TPSA) is 88.5 Å². The zero-order chi connectivity index (χ0) is 27.4. The number of ether oxygens (including phenoxy) is 3. The van der Waals surface area contributed by atoms with Gasteiger partial charge in [-0.25, -0.2) is 0 Å². The van der Waals surface area contributed by atoms with Crippen molar-refractivity contribution in [1.29, 1.82) is 0 Å². The van der Waals surface area contributed by atoms with E-state index in [1.165, 1.54) is 0 Å². The van der Waals surface area contributed by atoms with E-state index in [0.29, 0.717) is 31.9 Å². The second-order valence-electron chi connectivity index (χ2n) is 10.5. The normalized spacial score (nSPS) is 22.7. The van der Waals surface area contributed by atoms with Crippen molar-refractivity contribution in [2.45, 2.75) is 51.7 Å². The van der Waals surface area contributed by atoms with Gasteiger partial charge in [0.25, 0.3) is 11.7 Å². The number of hydrogen-bond donors (Lipinski definition) is 1. The molecular formula is C31H38N2O6. The molecule has 0 radical (unpaired) electrons. The maximum atomic E-state index is 13.4. The van der Waals surface area contributed by atoms with Gasteiger partial charge in [-0.05, 0) is 61.2 Å². The molecule has 1 amide bonds. The molecule has 1 N–H and O–H groups in total. The number of Topliss-reactive ketones (excluding diaryl/α,β-unsaturated/α-hetero) is 1. The first-order valence-electron chi connectivity index (χ1n) is 14.1. The highest BCUT2D eigenvalue weighted by atomic mass is 16.5. The van der Waals surface area contributed by atoms with E-state index in [1.54, 1.807) is 11.0 Å². The molecule has 3 heterocycles. The van der Waals surface area contributed by atoms with Gasteiger partial charge in [-0.2, -0.15) is 0 Å². The molecule has 0 spiro atoms. The van der Waals surface area contributed by atoms with Crippen molar-refractivity contribution in [2.24, 2.45) is 0 Å². The van der Waals surface area contributed by atoms with E-state index >= 15 is 0 Å². The number of aliphatic hydroxyl groups is 1. The standard InChI is InChI=1S/C31H38N2O6/c1-3-4-16-38-25-9-6-22(7-10-25)28-27(29(34)23-8-11-26-24(20-23)19-21(2)39-26)30(35)31(36)33(28)13-5-12-32-14-17-37-18-15-32/h6-11,20-21,28,34H,3-5,12-19H2,1-2H3/t21-,28+/m1/s1. The summed E-state index contributed by atoms with van der Waals surface area (Å²) in [6, 6.07) is 12.3. The summed E-state index contributed by atoms with van der Waals surface area (Å²) in [6.45, 7) is 9.12. The number of carbonyl (C=O) groups is 2. The largest absolute Gasteiger partial charge is 0.507 e. The van der Waals surface area contributed by atoms with Crippen molar-refractivity contribution in [3.05, 3.63) is 64.7 Å². The minimum absolute atomic E-state index is 0.0625. The lowest BCUT2D eigenvalue weighted by Crippen LogP contribution is -2.38. The Labute approximate surface area is 230 Å². The number of likely N-dealkylation sites (tertiary alicyclic amines) is 1. The Morgan fingerprint density at radius 2 is 1.82 bits per heavy atom. The molecule has 2 fully saturated rings. The van der Waals surface area contributed by atoms with Crippen molar-refractivity contribution in [2.75, 3.05) is 46.0 Å². The molecule has 2 aromatic rings. The Hall–Kier alpha value is -3.36. The molecule has 0 unspecified atom stereocenters. The van der Waals surface area contributed by atoms with Crippen LogP contribution in [0.2, 0.25) is 0 Å². The second kappa shape index (κ2) is 12.2. The number of ketones is 1. The number of morpholine rings is 1. The molecule has 2 saturated heterocycles. The van der Waals surface area contributed by atoms with Gasteiger partial charge >= 0.3 is 0 Å². The number of aliphatic hydroxyl groups excluding tert-OH is 1. The first kappa shape index (κ1) is 27.2. The highest BCUT2D eigenvalue weighted by molar-refractivity contribution is 6.46. The predicted molar refractivity (Wildman–Crippen MR) is 148 cm³/mol. The SMILES string of the molecule is CCCCOc1ccc([C@H]2C(=C(O)c3ccc4c(c3)C[C@@H](C)O4)C(=O)C(=O)N2CCCN2CCOCC2)cc1. The van der Waals surface area contributed by atoms with Crippen LogP contribution in [0.5, 0.6) is 11.5 Å². The monoisotopic (exact) mass is 534 g/mol. The number of benzene rings is 2. The van der Waals surface area contributed by atoms with Gasteiger partial charge in [0.15, 0.2) is 0 Å². The highest BCUT2D eigenvalue weighted by Gasteiger charge is 2.46. The fourth-order valence-electron chi connectivity index (χ4n) is 5.55. The average Bonchev–Trinajstić information content (AvgIpc) is 3.45. The number of carbonyl (C=O) groups excluding carboxylic acids is 2. The van der Waals surface area contributed by atoms with Crippen LogP contribution in [-0.2, 0) is 20.7 Å². The van der Waals surface area contributed by atoms with Crippen LogP contribution in [0.15, 0.2) is 48.0 Å². The highest BCUT2D eigenvalue weighted by Crippen LogP contribution is 2.41. The number of unbranched alkanes of at least 4 members (excludes halogenated alkanes) is 1. The molecule has 0 bridgehead atoms. The molecule has 8 heteroatoms. The summed E-state index contributed by atoms with van der Waals surface area (Å²) in [5.74, 6) is 0.142. The van der Waals surface area contributed by atoms with Crippen LogP contribution in [0.3, 0.4) is 0 Å². The third-order valence-corrected chi connectivity index (χ3v) is 7.65. The van der Waals surface area contributed by atoms with Crippen molar-refractivity contribution in [1.82, 2.24) is 9.80 Å². The van der Waals surface area contributed by atoms with Crippen molar-refractivity contribution < 1.29 is 28.9 Å². The summed E-state index contributed by atoms with van der Waals surface area (Å²) in [5, 5.41) is 11.5. The quantitative estimate of drug-likeness (QED) is 0.210. The fraction of sp³-hybridized carbons (Fsp3) is 0.484. The summed E-state index contributed by atoms with van der Waals surface area (Å²) in [4.78, 5) is 30.7. The minimum atomic E-state index is -0.678. The molecule has 2 aromatic carbocycles. The lowest BCUT2D eigenvalue weighted by molar-refractivity contribution is -0.140. The van der Waals surface area contributed by atoms with Gasteiger partial charge < -0.3 is 24.2 Å². The van der Waals surface area contributed by atoms with Crippen LogP contribution in [0.1, 0.15) is 55.8 Å². The Bertz CT molecular complexity index is 1220. The van der Waals surface area contributed by atoms with Crippen molar-refractivity contribution >= 4 is 17.4 Å². The summed E-state index contributed by atoms with van der Waals surface area (Å²) < 4.78 is 17.1. The first-order chi connectivity index (χ1) is 19.0. The van der Waals surface area contributed by atoms with Crippen LogP contribution in [-0.4, -0.2) is 78.7 Å². The number of hydrogen-bond acceptors (Lipinski definition) is 7. The summed E-state index contributed by atoms with van der Waals surface area (Å²) in [6.07, 6.45) is 3.53. The van der Waals surface area contributed by atoms with E-state index in [1.807, 2.05) is 43.3 Å². The number of fused-ring (bicyclic) bond motifs is 1. The summed E-state index contributed by atoms with van der Waals surface area (Å²) in [7, 11) is 0. The average molecular weight is 535 g/mol. The maximum Gasteiger partial charge on any atom is 0.295 e. The maximum absolute atomic E-state index is 13.4. The van der Waals surface area contributed by atoms with Gasteiger partial charge in [0.05, 0.1) is 31.4 Å². The predicted octanol–water partition coefficient (Wildman–Crippen LogP) is 4.33. The van der Waals surface area contributed by atoms with Crippen LogP contribution >= 0.6 is 0 Å². The van der Waals surface area contributed by atoms with Gasteiger partial charge in [0, 0.05) is 38.2 Å². The van der Waals surface area contributed by atoms with Gasteiger partial charge in [-0.1, -0.05) is 25.5 Å². The molecule has 208 valence electrons. The molecule has 39 heavy (non-hydrogen) atoms. The molecule has 3 aliphatic heterocycles. The molecule has 8 nitrogen and oxygen atoms in total. The molecule has 0 aromatic heterocycles. The summed E-state index contributed by atoms with van der Waals surface area (Å²) in [5.41, 5.74) is 2.39. The van der Waals surface area contributed by atoms with Crippen LogP contribution in [0.4, 0.5) is 0 Å². The van der Waals surface area contributed by atoms with Gasteiger partial charge in [0.2, 0.25) is 0 Å². The zero-order valence-electron chi connectivity index (χ0n) is 22.9. The van der Waals surface area contributed by atoms with E-state index in [-0.39, 0.29) is 17.4 Å². The molecule has 2 atom stereocenters. The molecule has 0 aliphatic carbocycles. The molecule has 0 saturated carbocycles. The lowest BCUT2D eigenvalue weighted by Gasteiger charge is -2.29. The minimum Gasteiger partial charge on any atom is -0.507 e. The molecule has 3 aliphatic rings. The van der Waals surface area contributed by atoms with Crippen molar-refractivity contribution in [3.8, 4) is 11.5 Å². The lowest BCUT2D eigenvalue weighted by atomic mass is 9.94. The third-order valence-electron chi connectivity index (χ3n) is 7.65. The third kappa shape index (κ3) is 5.97. The fourth-order valence-corrected chi connectivity index (χ4v) is 5.55. The van der Waals surface area contributed by atoms with E-state index in [9.17, 15) is 14.7 Å². The first-order valence-corrected chi connectivity index (χ1v) is 14.1. The van der Waals surface area contributed by atoms with Crippen LogP contribution in [0.25, 0.3) is 5.76 Å².